The summed E-state index contributed by atoms with van der Waals surface area (Å²) in [7, 11) is 0. The van der Waals surface area contributed by atoms with Gasteiger partial charge >= 0.3 is 11.9 Å². The maximum Gasteiger partial charge on any atom is 0.414 e. The predicted octanol–water partition coefficient (Wildman–Crippen LogP) is 2.34. The summed E-state index contributed by atoms with van der Waals surface area (Å²) in [4.78, 5) is 18.2. The maximum absolute atomic E-state index is 9.10. The number of benzene rings is 1. The van der Waals surface area contributed by atoms with Gasteiger partial charge in [-0.1, -0.05) is 12.1 Å². The van der Waals surface area contributed by atoms with Crippen LogP contribution in [0.15, 0.2) is 18.2 Å². The van der Waals surface area contributed by atoms with Gasteiger partial charge in [0.05, 0.1) is 12.2 Å². The molecule has 1 unspecified atom stereocenters. The molecule has 0 saturated heterocycles. The quantitative estimate of drug-likeness (QED) is 0.814. The van der Waals surface area contributed by atoms with Crippen molar-refractivity contribution in [1.82, 2.24) is 0 Å². The van der Waals surface area contributed by atoms with Crippen molar-refractivity contribution in [2.24, 2.45) is 0 Å². The summed E-state index contributed by atoms with van der Waals surface area (Å²) in [5, 5.41) is 14.8. The van der Waals surface area contributed by atoms with E-state index in [1.807, 2.05) is 26.0 Å². The first-order valence-corrected chi connectivity index (χ1v) is 6.72. The first-order chi connectivity index (χ1) is 9.81. The molecule has 0 aromatic heterocycles. The number of fused-ring (bicyclic) bond motifs is 1. The molecule has 0 spiro atoms. The lowest BCUT2D eigenvalue weighted by Gasteiger charge is -2.25. The van der Waals surface area contributed by atoms with Crippen molar-refractivity contribution in [2.45, 2.75) is 45.8 Å². The van der Waals surface area contributed by atoms with Gasteiger partial charge in [-0.15, -0.1) is 0 Å². The first-order valence-electron chi connectivity index (χ1n) is 6.72. The number of carboxylic acid groups (broad SMARTS) is 2. The van der Waals surface area contributed by atoms with E-state index in [1.165, 1.54) is 5.56 Å². The van der Waals surface area contributed by atoms with Crippen LogP contribution in [0.2, 0.25) is 0 Å². The van der Waals surface area contributed by atoms with Crippen molar-refractivity contribution in [1.29, 1.82) is 0 Å². The van der Waals surface area contributed by atoms with Crippen LogP contribution in [0.25, 0.3) is 0 Å². The molecule has 1 aliphatic heterocycles. The van der Waals surface area contributed by atoms with Gasteiger partial charge in [0.25, 0.3) is 0 Å². The van der Waals surface area contributed by atoms with Crippen molar-refractivity contribution in [3.8, 4) is 11.5 Å². The number of para-hydroxylation sites is 1. The van der Waals surface area contributed by atoms with Crippen molar-refractivity contribution in [3.05, 3.63) is 23.8 Å². The number of ether oxygens (including phenoxy) is 2. The Kier molecular flexibility index (Phi) is 6.02. The molecule has 1 aromatic carbocycles. The van der Waals surface area contributed by atoms with Crippen LogP contribution >= 0.6 is 0 Å². The van der Waals surface area contributed by atoms with E-state index < -0.39 is 11.9 Å². The maximum atomic E-state index is 9.10. The Balaban J connectivity index is 0.000000315. The fourth-order valence-corrected chi connectivity index (χ4v) is 1.86. The minimum Gasteiger partial charge on any atom is -0.487 e. The zero-order chi connectivity index (χ0) is 16.0. The van der Waals surface area contributed by atoms with Gasteiger partial charge in [0.2, 0.25) is 0 Å². The number of hydrogen-bond donors (Lipinski definition) is 2. The largest absolute Gasteiger partial charge is 0.487 e. The Hall–Kier alpha value is -2.24. The summed E-state index contributed by atoms with van der Waals surface area (Å²) in [6.45, 7) is 6.17. The third-order valence-corrected chi connectivity index (χ3v) is 2.75. The van der Waals surface area contributed by atoms with Gasteiger partial charge in [0.15, 0.2) is 11.5 Å². The topological polar surface area (TPSA) is 93.1 Å². The highest BCUT2D eigenvalue weighted by Crippen LogP contribution is 2.36. The average Bonchev–Trinajstić information content (AvgIpc) is 2.39. The molecule has 0 aliphatic carbocycles. The number of aliphatic carboxylic acids is 2. The summed E-state index contributed by atoms with van der Waals surface area (Å²) < 4.78 is 11.6. The Morgan fingerprint density at radius 1 is 1.29 bits per heavy atom. The highest BCUT2D eigenvalue weighted by Gasteiger charge is 2.20. The molecule has 0 amide bonds. The highest BCUT2D eigenvalue weighted by atomic mass is 16.5. The van der Waals surface area contributed by atoms with Crippen LogP contribution in [0.1, 0.15) is 32.8 Å². The van der Waals surface area contributed by atoms with E-state index in [0.717, 1.165) is 24.3 Å². The van der Waals surface area contributed by atoms with Crippen molar-refractivity contribution >= 4 is 11.9 Å². The van der Waals surface area contributed by atoms with Crippen molar-refractivity contribution < 1.29 is 29.3 Å². The fraction of sp³-hybridized carbons (Fsp3) is 0.467. The minimum absolute atomic E-state index is 0.192. The summed E-state index contributed by atoms with van der Waals surface area (Å²) in [6, 6.07) is 6.14. The molecule has 2 rings (SSSR count). The molecular weight excluding hydrogens is 276 g/mol. The van der Waals surface area contributed by atoms with E-state index in [0.29, 0.717) is 6.10 Å². The monoisotopic (exact) mass is 296 g/mol. The SMILES string of the molecule is CC(C)Oc1cccc2c1OC(C)CC2.O=C(O)C(=O)O. The van der Waals surface area contributed by atoms with E-state index in [4.69, 9.17) is 29.3 Å². The second kappa shape index (κ2) is 7.52. The van der Waals surface area contributed by atoms with E-state index in [-0.39, 0.29) is 6.10 Å². The zero-order valence-electron chi connectivity index (χ0n) is 12.3. The van der Waals surface area contributed by atoms with Gasteiger partial charge in [0.1, 0.15) is 0 Å². The minimum atomic E-state index is -1.82. The Morgan fingerprint density at radius 2 is 1.90 bits per heavy atom. The second-order valence-electron chi connectivity index (χ2n) is 4.99. The summed E-state index contributed by atoms with van der Waals surface area (Å²) in [5.74, 6) is -1.82. The normalized spacial score (nSPS) is 16.1. The molecule has 2 N–H and O–H groups in total. The Morgan fingerprint density at radius 3 is 2.43 bits per heavy atom. The summed E-state index contributed by atoms with van der Waals surface area (Å²) >= 11 is 0. The third-order valence-electron chi connectivity index (χ3n) is 2.75. The van der Waals surface area contributed by atoms with E-state index >= 15 is 0 Å². The highest BCUT2D eigenvalue weighted by molar-refractivity contribution is 6.27. The summed E-state index contributed by atoms with van der Waals surface area (Å²) in [6.07, 6.45) is 2.68. The molecule has 1 aliphatic rings. The molecule has 1 aromatic rings. The third kappa shape index (κ3) is 5.33. The average molecular weight is 296 g/mol. The van der Waals surface area contributed by atoms with Gasteiger partial charge < -0.3 is 19.7 Å². The van der Waals surface area contributed by atoms with Crippen LogP contribution in [0.4, 0.5) is 0 Å². The Bertz CT molecular complexity index is 497. The van der Waals surface area contributed by atoms with Crippen LogP contribution in [0, 0.1) is 0 Å². The molecular formula is C15H20O6. The Labute approximate surface area is 123 Å². The molecule has 1 atom stereocenters. The number of rotatable bonds is 2. The van der Waals surface area contributed by atoms with Crippen molar-refractivity contribution in [3.63, 3.8) is 0 Å². The lowest BCUT2D eigenvalue weighted by atomic mass is 10.0. The van der Waals surface area contributed by atoms with E-state index in [9.17, 15) is 0 Å². The molecule has 6 nitrogen and oxygen atoms in total. The van der Waals surface area contributed by atoms with Gasteiger partial charge in [-0.3, -0.25) is 0 Å². The molecule has 1 heterocycles. The lowest BCUT2D eigenvalue weighted by molar-refractivity contribution is -0.159. The number of aryl methyl sites for hydroxylation is 1. The first kappa shape index (κ1) is 16.8. The van der Waals surface area contributed by atoms with Crippen molar-refractivity contribution in [2.75, 3.05) is 0 Å². The molecule has 6 heteroatoms. The second-order valence-corrected chi connectivity index (χ2v) is 4.99. The number of carboxylic acids is 2. The lowest BCUT2D eigenvalue weighted by Crippen LogP contribution is -2.20. The molecule has 21 heavy (non-hydrogen) atoms. The van der Waals surface area contributed by atoms with E-state index in [2.05, 4.69) is 13.0 Å². The standard InChI is InChI=1S/C13H18O2.C2H2O4/c1-9(2)14-12-6-4-5-11-8-7-10(3)15-13(11)12;3-1(4)2(5)6/h4-6,9-10H,7-8H2,1-3H3;(H,3,4)(H,5,6). The fourth-order valence-electron chi connectivity index (χ4n) is 1.86. The van der Waals surface area contributed by atoms with Crippen LogP contribution in [0.5, 0.6) is 11.5 Å². The van der Waals surface area contributed by atoms with Crippen LogP contribution in [0.3, 0.4) is 0 Å². The molecule has 0 bridgehead atoms. The van der Waals surface area contributed by atoms with Gasteiger partial charge in [-0.25, -0.2) is 9.59 Å². The van der Waals surface area contributed by atoms with Gasteiger partial charge in [0, 0.05) is 0 Å². The molecule has 116 valence electrons. The van der Waals surface area contributed by atoms with E-state index in [1.54, 1.807) is 0 Å². The number of carbonyl (C=O) groups is 2. The van der Waals surface area contributed by atoms with Gasteiger partial charge in [-0.2, -0.15) is 0 Å². The van der Waals surface area contributed by atoms with Crippen LogP contribution in [-0.4, -0.2) is 34.4 Å². The molecule has 0 saturated carbocycles. The predicted molar refractivity (Wildman–Crippen MR) is 75.9 cm³/mol. The molecule has 0 radical (unpaired) electrons. The summed E-state index contributed by atoms with van der Waals surface area (Å²) in [5.41, 5.74) is 1.27. The zero-order valence-corrected chi connectivity index (χ0v) is 12.3. The van der Waals surface area contributed by atoms with Crippen LogP contribution < -0.4 is 9.47 Å². The molecule has 0 fully saturated rings. The van der Waals surface area contributed by atoms with Gasteiger partial charge in [-0.05, 0) is 45.2 Å². The smallest absolute Gasteiger partial charge is 0.414 e. The number of hydrogen-bond acceptors (Lipinski definition) is 4. The van der Waals surface area contributed by atoms with Crippen LogP contribution in [-0.2, 0) is 16.0 Å².